The summed E-state index contributed by atoms with van der Waals surface area (Å²) < 4.78 is 6.74. The van der Waals surface area contributed by atoms with Crippen LogP contribution in [0.3, 0.4) is 0 Å². The third kappa shape index (κ3) is 3.58. The molecular weight excluding hydrogens is 520 g/mol. The molecule has 0 atom stereocenters. The van der Waals surface area contributed by atoms with Crippen molar-refractivity contribution in [3.05, 3.63) is 158 Å². The largest absolute Gasteiger partial charge is 0.455 e. The van der Waals surface area contributed by atoms with Crippen LogP contribution in [0.5, 0.6) is 0 Å². The molecule has 9 aromatic rings. The fraction of sp³-hybridized carbons (Fsp3) is 0. The topological polar surface area (TPSA) is 13.1 Å². The first-order valence-corrected chi connectivity index (χ1v) is 14.8. The van der Waals surface area contributed by atoms with Crippen molar-refractivity contribution in [3.8, 4) is 33.4 Å². The van der Waals surface area contributed by atoms with E-state index in [1.807, 2.05) is 0 Å². The minimum atomic E-state index is 0.908. The van der Waals surface area contributed by atoms with Gasteiger partial charge in [0, 0.05) is 16.2 Å². The summed E-state index contributed by atoms with van der Waals surface area (Å²) in [6.45, 7) is 0. The molecular formula is C42H26O. The van der Waals surface area contributed by atoms with E-state index in [0.717, 1.165) is 27.3 Å². The summed E-state index contributed by atoms with van der Waals surface area (Å²) >= 11 is 0. The first kappa shape index (κ1) is 24.0. The van der Waals surface area contributed by atoms with Gasteiger partial charge in [-0.2, -0.15) is 0 Å². The lowest BCUT2D eigenvalue weighted by atomic mass is 9.85. The van der Waals surface area contributed by atoms with Gasteiger partial charge in [0.2, 0.25) is 0 Å². The van der Waals surface area contributed by atoms with Crippen LogP contribution in [0, 0.1) is 0 Å². The highest BCUT2D eigenvalue weighted by Crippen LogP contribution is 2.47. The highest BCUT2D eigenvalue weighted by atomic mass is 16.3. The maximum absolute atomic E-state index is 6.74. The van der Waals surface area contributed by atoms with Crippen LogP contribution in [0.15, 0.2) is 162 Å². The van der Waals surface area contributed by atoms with Gasteiger partial charge >= 0.3 is 0 Å². The maximum atomic E-state index is 6.74. The predicted octanol–water partition coefficient (Wildman–Crippen LogP) is 12.0. The third-order valence-electron chi connectivity index (χ3n) is 8.87. The van der Waals surface area contributed by atoms with Gasteiger partial charge in [-0.1, -0.05) is 146 Å². The molecule has 1 heterocycles. The molecule has 0 aliphatic carbocycles. The van der Waals surface area contributed by atoms with Crippen molar-refractivity contribution in [2.45, 2.75) is 0 Å². The highest BCUT2D eigenvalue weighted by molar-refractivity contribution is 6.27. The van der Waals surface area contributed by atoms with Crippen LogP contribution in [0.25, 0.3) is 87.6 Å². The molecule has 0 N–H and O–H groups in total. The molecule has 1 heteroatoms. The Balaban J connectivity index is 1.40. The molecule has 0 unspecified atom stereocenters. The van der Waals surface area contributed by atoms with E-state index in [1.165, 1.54) is 60.3 Å². The molecule has 0 spiro atoms. The third-order valence-corrected chi connectivity index (χ3v) is 8.87. The summed E-state index contributed by atoms with van der Waals surface area (Å²) in [5.41, 5.74) is 9.22. The lowest BCUT2D eigenvalue weighted by Crippen LogP contribution is -1.91. The number of hydrogen-bond donors (Lipinski definition) is 0. The first-order chi connectivity index (χ1) is 21.4. The second-order valence-electron chi connectivity index (χ2n) is 11.2. The normalized spacial score (nSPS) is 11.7. The lowest BCUT2D eigenvalue weighted by Gasteiger charge is -2.18. The molecule has 0 saturated carbocycles. The lowest BCUT2D eigenvalue weighted by molar-refractivity contribution is 0.673. The van der Waals surface area contributed by atoms with Gasteiger partial charge in [-0.3, -0.25) is 0 Å². The fourth-order valence-electron chi connectivity index (χ4n) is 7.05. The molecule has 0 saturated heterocycles. The zero-order chi connectivity index (χ0) is 28.3. The van der Waals surface area contributed by atoms with Crippen LogP contribution >= 0.6 is 0 Å². The summed E-state index contributed by atoms with van der Waals surface area (Å²) in [7, 11) is 0. The molecule has 0 fully saturated rings. The number of hydrogen-bond acceptors (Lipinski definition) is 1. The molecule has 1 nitrogen and oxygen atoms in total. The van der Waals surface area contributed by atoms with Crippen molar-refractivity contribution in [3.63, 3.8) is 0 Å². The summed E-state index contributed by atoms with van der Waals surface area (Å²) in [6.07, 6.45) is 0. The smallest absolute Gasteiger partial charge is 0.143 e. The van der Waals surface area contributed by atoms with E-state index in [4.69, 9.17) is 4.42 Å². The zero-order valence-corrected chi connectivity index (χ0v) is 23.4. The number of rotatable bonds is 3. The van der Waals surface area contributed by atoms with E-state index in [9.17, 15) is 0 Å². The Morgan fingerprint density at radius 2 is 0.814 bits per heavy atom. The number of benzene rings is 8. The van der Waals surface area contributed by atoms with Gasteiger partial charge in [0.05, 0.1) is 0 Å². The second kappa shape index (κ2) is 9.44. The monoisotopic (exact) mass is 546 g/mol. The quantitative estimate of drug-likeness (QED) is 0.201. The van der Waals surface area contributed by atoms with Gasteiger partial charge in [0.15, 0.2) is 0 Å². The second-order valence-corrected chi connectivity index (χ2v) is 11.2. The van der Waals surface area contributed by atoms with Gasteiger partial charge in [-0.25, -0.2) is 0 Å². The van der Waals surface area contributed by atoms with Crippen molar-refractivity contribution in [1.29, 1.82) is 0 Å². The minimum Gasteiger partial charge on any atom is -0.455 e. The molecule has 0 amide bonds. The summed E-state index contributed by atoms with van der Waals surface area (Å²) in [5.74, 6) is 0. The molecule has 8 aromatic carbocycles. The minimum absolute atomic E-state index is 0.908. The number of fused-ring (bicyclic) bond motifs is 7. The van der Waals surface area contributed by atoms with E-state index in [-0.39, 0.29) is 0 Å². The molecule has 0 aliphatic heterocycles. The van der Waals surface area contributed by atoms with Crippen LogP contribution in [-0.2, 0) is 0 Å². The molecule has 200 valence electrons. The first-order valence-electron chi connectivity index (χ1n) is 14.8. The summed E-state index contributed by atoms with van der Waals surface area (Å²) in [6, 6.07) is 56.6. The summed E-state index contributed by atoms with van der Waals surface area (Å²) in [4.78, 5) is 0. The molecule has 0 bridgehead atoms. The fourth-order valence-corrected chi connectivity index (χ4v) is 7.05. The molecule has 43 heavy (non-hydrogen) atoms. The Labute approximate surface area is 249 Å². The maximum Gasteiger partial charge on any atom is 0.143 e. The predicted molar refractivity (Wildman–Crippen MR) is 183 cm³/mol. The molecule has 0 aliphatic rings. The standard InChI is InChI=1S/C42H26O/c1-3-13-27(14-4-1)29-21-11-22-35-30(29)25-26-37-41-36(23-12-24-38(41)43-42(35)37)40-33-19-9-7-17-31(33)39(28-15-5-2-6-16-28)32-18-8-10-20-34(32)40/h1-26H. The highest BCUT2D eigenvalue weighted by Gasteiger charge is 2.21. The van der Waals surface area contributed by atoms with E-state index in [0.29, 0.717) is 0 Å². The van der Waals surface area contributed by atoms with Gasteiger partial charge < -0.3 is 4.42 Å². The van der Waals surface area contributed by atoms with Crippen molar-refractivity contribution < 1.29 is 4.42 Å². The van der Waals surface area contributed by atoms with Crippen molar-refractivity contribution in [1.82, 2.24) is 0 Å². The van der Waals surface area contributed by atoms with Crippen molar-refractivity contribution in [2.75, 3.05) is 0 Å². The Bertz CT molecular complexity index is 2430. The Kier molecular flexibility index (Phi) is 5.27. The van der Waals surface area contributed by atoms with Crippen LogP contribution in [0.2, 0.25) is 0 Å². The zero-order valence-electron chi connectivity index (χ0n) is 23.4. The van der Waals surface area contributed by atoms with Gasteiger partial charge in [-0.15, -0.1) is 0 Å². The van der Waals surface area contributed by atoms with Gasteiger partial charge in [0.1, 0.15) is 11.2 Å². The SMILES string of the molecule is c1ccc(-c2c3ccccc3c(-c3cccc4oc5c6cccc(-c7ccccc7)c6ccc5c34)c3ccccc23)cc1. The van der Waals surface area contributed by atoms with Crippen LogP contribution in [0.4, 0.5) is 0 Å². The van der Waals surface area contributed by atoms with E-state index < -0.39 is 0 Å². The van der Waals surface area contributed by atoms with Crippen LogP contribution in [0.1, 0.15) is 0 Å². The van der Waals surface area contributed by atoms with E-state index in [2.05, 4.69) is 158 Å². The summed E-state index contributed by atoms with van der Waals surface area (Å²) in [5, 5.41) is 9.63. The molecule has 0 radical (unpaired) electrons. The van der Waals surface area contributed by atoms with Crippen LogP contribution < -0.4 is 0 Å². The van der Waals surface area contributed by atoms with Crippen molar-refractivity contribution in [2.24, 2.45) is 0 Å². The average molecular weight is 547 g/mol. The molecule has 9 rings (SSSR count). The van der Waals surface area contributed by atoms with Gasteiger partial charge in [-0.05, 0) is 72.4 Å². The van der Waals surface area contributed by atoms with Crippen LogP contribution in [-0.4, -0.2) is 0 Å². The van der Waals surface area contributed by atoms with E-state index >= 15 is 0 Å². The Morgan fingerprint density at radius 1 is 0.302 bits per heavy atom. The number of furan rings is 1. The Hall–Kier alpha value is -5.66. The average Bonchev–Trinajstić information content (AvgIpc) is 3.47. The van der Waals surface area contributed by atoms with Gasteiger partial charge in [0.25, 0.3) is 0 Å². The van der Waals surface area contributed by atoms with Crippen molar-refractivity contribution >= 4 is 54.3 Å². The Morgan fingerprint density at radius 3 is 1.49 bits per heavy atom. The van der Waals surface area contributed by atoms with E-state index in [1.54, 1.807) is 0 Å². The molecule has 1 aromatic heterocycles.